The molecule has 0 saturated carbocycles. The Bertz CT molecular complexity index is 521. The van der Waals surface area contributed by atoms with Crippen LogP contribution in [-0.4, -0.2) is 29.4 Å². The molecule has 0 bridgehead atoms. The van der Waals surface area contributed by atoms with Gasteiger partial charge in [0.25, 0.3) is 0 Å². The highest BCUT2D eigenvalue weighted by Gasteiger charge is 2.16. The fourth-order valence-electron chi connectivity index (χ4n) is 1.37. The molecule has 6 nitrogen and oxygen atoms in total. The van der Waals surface area contributed by atoms with E-state index in [1.807, 2.05) is 0 Å². The Balaban J connectivity index is 2.48. The third kappa shape index (κ3) is 1.70. The Labute approximate surface area is 90.6 Å². The lowest BCUT2D eigenvalue weighted by Gasteiger charge is -1.98. The van der Waals surface area contributed by atoms with Crippen LogP contribution in [0.1, 0.15) is 10.4 Å². The average molecular weight is 222 g/mol. The lowest BCUT2D eigenvalue weighted by Crippen LogP contribution is -2.10. The summed E-state index contributed by atoms with van der Waals surface area (Å²) >= 11 is 0. The highest BCUT2D eigenvalue weighted by atomic mass is 16.6. The second kappa shape index (κ2) is 4.19. The van der Waals surface area contributed by atoms with E-state index in [2.05, 4.69) is 5.16 Å². The Morgan fingerprint density at radius 1 is 1.56 bits per heavy atom. The van der Waals surface area contributed by atoms with E-state index in [9.17, 15) is 4.79 Å². The first kappa shape index (κ1) is 10.4. The summed E-state index contributed by atoms with van der Waals surface area (Å²) in [7, 11) is 0. The van der Waals surface area contributed by atoms with Gasteiger partial charge < -0.3 is 20.1 Å². The third-order valence-corrected chi connectivity index (χ3v) is 2.06. The molecule has 0 unspecified atom stereocenters. The highest BCUT2D eigenvalue weighted by molar-refractivity contribution is 6.02. The normalized spacial score (nSPS) is 10.6. The maximum Gasteiger partial charge on any atom is 0.338 e. The Hall–Kier alpha value is -2.08. The molecule has 3 N–H and O–H groups in total. The molecule has 0 radical (unpaired) electrons. The highest BCUT2D eigenvalue weighted by Crippen LogP contribution is 2.27. The van der Waals surface area contributed by atoms with Crippen molar-refractivity contribution in [2.75, 3.05) is 13.2 Å². The van der Waals surface area contributed by atoms with Crippen LogP contribution in [0.5, 0.6) is 5.95 Å². The number of hydrogen-bond donors (Lipinski definition) is 2. The molecule has 16 heavy (non-hydrogen) atoms. The quantitative estimate of drug-likeness (QED) is 0.796. The van der Waals surface area contributed by atoms with Crippen molar-refractivity contribution in [2.24, 2.45) is 5.73 Å². The smallest absolute Gasteiger partial charge is 0.338 e. The Kier molecular flexibility index (Phi) is 2.74. The van der Waals surface area contributed by atoms with Crippen LogP contribution < -0.4 is 10.5 Å². The van der Waals surface area contributed by atoms with Crippen LogP contribution >= 0.6 is 0 Å². The minimum atomic E-state index is -1.05. The minimum absolute atomic E-state index is 0.0869. The molecule has 0 aliphatic heterocycles. The van der Waals surface area contributed by atoms with Gasteiger partial charge in [-0.15, -0.1) is 0 Å². The molecule has 84 valence electrons. The predicted molar refractivity (Wildman–Crippen MR) is 55.5 cm³/mol. The SMILES string of the molecule is NCCOc1onc2c(C(=O)O)cccc12. The lowest BCUT2D eigenvalue weighted by molar-refractivity contribution is 0.0698. The number of ether oxygens (including phenoxy) is 1. The number of benzene rings is 1. The van der Waals surface area contributed by atoms with Crippen molar-refractivity contribution in [1.29, 1.82) is 0 Å². The average Bonchev–Trinajstić information content (AvgIpc) is 2.69. The fraction of sp³-hybridized carbons (Fsp3) is 0.200. The second-order valence-electron chi connectivity index (χ2n) is 3.11. The zero-order valence-electron chi connectivity index (χ0n) is 8.34. The van der Waals surface area contributed by atoms with Gasteiger partial charge in [-0.1, -0.05) is 11.2 Å². The standard InChI is InChI=1S/C10H10N2O4/c11-4-5-15-10-7-3-1-2-6(9(13)14)8(7)12-16-10/h1-3H,4-5,11H2,(H,13,14). The summed E-state index contributed by atoms with van der Waals surface area (Å²) in [5.41, 5.74) is 5.65. The zero-order chi connectivity index (χ0) is 11.5. The first-order valence-corrected chi connectivity index (χ1v) is 4.68. The predicted octanol–water partition coefficient (Wildman–Crippen LogP) is 0.863. The summed E-state index contributed by atoms with van der Waals surface area (Å²) in [6, 6.07) is 4.75. The molecule has 0 aliphatic carbocycles. The number of aromatic nitrogens is 1. The van der Waals surface area contributed by atoms with E-state index in [4.69, 9.17) is 20.1 Å². The van der Waals surface area contributed by atoms with Crippen LogP contribution in [0.25, 0.3) is 10.9 Å². The third-order valence-electron chi connectivity index (χ3n) is 2.06. The van der Waals surface area contributed by atoms with Crippen molar-refractivity contribution in [1.82, 2.24) is 5.16 Å². The van der Waals surface area contributed by atoms with Gasteiger partial charge in [0.15, 0.2) is 0 Å². The van der Waals surface area contributed by atoms with Crippen molar-refractivity contribution >= 4 is 16.9 Å². The molecule has 0 atom stereocenters. The number of nitrogens with two attached hydrogens (primary N) is 1. The molecule has 0 amide bonds. The molecule has 2 aromatic rings. The van der Waals surface area contributed by atoms with Crippen molar-refractivity contribution < 1.29 is 19.2 Å². The van der Waals surface area contributed by atoms with Gasteiger partial charge in [-0.05, 0) is 12.1 Å². The first-order valence-electron chi connectivity index (χ1n) is 4.68. The monoisotopic (exact) mass is 222 g/mol. The minimum Gasteiger partial charge on any atom is -0.478 e. The van der Waals surface area contributed by atoms with Crippen molar-refractivity contribution in [3.05, 3.63) is 23.8 Å². The van der Waals surface area contributed by atoms with E-state index in [-0.39, 0.29) is 17.0 Å². The summed E-state index contributed by atoms with van der Waals surface area (Å²) in [6.07, 6.45) is 0. The van der Waals surface area contributed by atoms with Crippen LogP contribution in [0.4, 0.5) is 0 Å². The van der Waals surface area contributed by atoms with E-state index in [0.717, 1.165) is 0 Å². The maximum absolute atomic E-state index is 10.9. The fourth-order valence-corrected chi connectivity index (χ4v) is 1.37. The van der Waals surface area contributed by atoms with Crippen molar-refractivity contribution in [3.8, 4) is 5.95 Å². The zero-order valence-corrected chi connectivity index (χ0v) is 8.34. The number of fused-ring (bicyclic) bond motifs is 1. The number of carboxylic acids is 1. The molecule has 0 aliphatic rings. The number of carbonyl (C=O) groups is 1. The van der Waals surface area contributed by atoms with Gasteiger partial charge in [0.2, 0.25) is 0 Å². The lowest BCUT2D eigenvalue weighted by atomic mass is 10.1. The van der Waals surface area contributed by atoms with Gasteiger partial charge in [0, 0.05) is 6.54 Å². The molecule has 0 saturated heterocycles. The first-order chi connectivity index (χ1) is 7.74. The summed E-state index contributed by atoms with van der Waals surface area (Å²) in [5.74, 6) is -0.854. The molecule has 0 spiro atoms. The van der Waals surface area contributed by atoms with Gasteiger partial charge in [0.1, 0.15) is 12.1 Å². The van der Waals surface area contributed by atoms with Gasteiger partial charge in [0.05, 0.1) is 10.9 Å². The second-order valence-corrected chi connectivity index (χ2v) is 3.11. The molecule has 1 aromatic carbocycles. The van der Waals surface area contributed by atoms with Crippen LogP contribution in [0.2, 0.25) is 0 Å². The van der Waals surface area contributed by atoms with Gasteiger partial charge in [-0.25, -0.2) is 4.79 Å². The van der Waals surface area contributed by atoms with Gasteiger partial charge >= 0.3 is 11.9 Å². The molecular weight excluding hydrogens is 212 g/mol. The number of nitrogens with zero attached hydrogens (tertiary/aromatic N) is 1. The largest absolute Gasteiger partial charge is 0.478 e. The molecule has 6 heteroatoms. The summed E-state index contributed by atoms with van der Waals surface area (Å²) in [5, 5.41) is 13.1. The maximum atomic E-state index is 10.9. The topological polar surface area (TPSA) is 98.6 Å². The van der Waals surface area contributed by atoms with E-state index in [1.54, 1.807) is 12.1 Å². The van der Waals surface area contributed by atoms with Gasteiger partial charge in [-0.2, -0.15) is 0 Å². The van der Waals surface area contributed by atoms with E-state index >= 15 is 0 Å². The summed E-state index contributed by atoms with van der Waals surface area (Å²) in [6.45, 7) is 0.641. The van der Waals surface area contributed by atoms with Crippen LogP contribution in [0.3, 0.4) is 0 Å². The van der Waals surface area contributed by atoms with E-state index < -0.39 is 5.97 Å². The molecule has 0 fully saturated rings. The van der Waals surface area contributed by atoms with Crippen molar-refractivity contribution in [2.45, 2.75) is 0 Å². The van der Waals surface area contributed by atoms with Crippen molar-refractivity contribution in [3.63, 3.8) is 0 Å². The van der Waals surface area contributed by atoms with Gasteiger partial charge in [-0.3, -0.25) is 0 Å². The number of aromatic carboxylic acids is 1. The van der Waals surface area contributed by atoms with E-state index in [0.29, 0.717) is 18.5 Å². The summed E-state index contributed by atoms with van der Waals surface area (Å²) in [4.78, 5) is 10.9. The molecule has 2 rings (SSSR count). The van der Waals surface area contributed by atoms with Crippen LogP contribution in [-0.2, 0) is 0 Å². The Morgan fingerprint density at radius 3 is 3.06 bits per heavy atom. The van der Waals surface area contributed by atoms with Crippen LogP contribution in [0.15, 0.2) is 22.7 Å². The number of carboxylic acid groups (broad SMARTS) is 1. The number of hydrogen-bond acceptors (Lipinski definition) is 5. The summed E-state index contributed by atoms with van der Waals surface area (Å²) < 4.78 is 10.1. The van der Waals surface area contributed by atoms with Crippen LogP contribution in [0, 0.1) is 0 Å². The molecular formula is C10H10N2O4. The number of rotatable bonds is 4. The molecule has 1 aromatic heterocycles. The molecule has 1 heterocycles. The Morgan fingerprint density at radius 2 is 2.38 bits per heavy atom. The van der Waals surface area contributed by atoms with E-state index in [1.165, 1.54) is 6.07 Å².